The van der Waals surface area contributed by atoms with E-state index in [9.17, 15) is 24.3 Å². The van der Waals surface area contributed by atoms with Crippen LogP contribution in [-0.2, 0) is 19.2 Å². The molecule has 0 radical (unpaired) electrons. The van der Waals surface area contributed by atoms with Gasteiger partial charge in [0.05, 0.1) is 6.04 Å². The lowest BCUT2D eigenvalue weighted by molar-refractivity contribution is -0.142. The van der Waals surface area contributed by atoms with Crippen molar-refractivity contribution in [1.29, 1.82) is 0 Å². The number of guanidine groups is 2. The summed E-state index contributed by atoms with van der Waals surface area (Å²) >= 11 is 0. The van der Waals surface area contributed by atoms with Crippen molar-refractivity contribution in [1.82, 2.24) is 16.0 Å². The highest BCUT2D eigenvalue weighted by molar-refractivity contribution is 5.94. The lowest BCUT2D eigenvalue weighted by atomic mass is 9.98. The largest absolute Gasteiger partial charge is 0.480 e. The number of hydrogen-bond acceptors (Lipinski definition) is 8. The number of rotatable bonds is 21. The molecule has 0 rings (SSSR count). The maximum absolute atomic E-state index is 13.3. The first-order chi connectivity index (χ1) is 18.8. The molecule has 0 fully saturated rings. The summed E-state index contributed by atoms with van der Waals surface area (Å²) in [5.74, 6) is -3.40. The van der Waals surface area contributed by atoms with Crippen LogP contribution in [0.3, 0.4) is 0 Å². The van der Waals surface area contributed by atoms with Gasteiger partial charge in [-0.3, -0.25) is 24.4 Å². The van der Waals surface area contributed by atoms with Crippen molar-refractivity contribution < 1.29 is 24.3 Å². The van der Waals surface area contributed by atoms with Crippen LogP contribution in [0.2, 0.25) is 0 Å². The molecule has 5 atom stereocenters. The van der Waals surface area contributed by atoms with Crippen LogP contribution in [0, 0.1) is 5.92 Å². The van der Waals surface area contributed by atoms with Gasteiger partial charge in [0.2, 0.25) is 17.7 Å². The van der Waals surface area contributed by atoms with E-state index in [0.29, 0.717) is 38.6 Å². The number of amides is 3. The highest BCUT2D eigenvalue weighted by atomic mass is 16.4. The quantitative estimate of drug-likeness (QED) is 0.0379. The molecule has 0 aliphatic carbocycles. The average molecular weight is 572 g/mol. The standard InChI is InChI=1S/C24H49N11O5/c1-3-14(2)18(26)21(38)34-16(9-6-12-31-23(27)28)19(36)33-15(8-4-5-11-25)20(37)35-17(22(39)40)10-7-13-32-24(29)30/h14-18H,3-13,25-26H2,1-2H3,(H,33,36)(H,34,38)(H,35,37)(H,39,40)(H4,27,28,31)(H4,29,30,32). The molecule has 0 aliphatic heterocycles. The van der Waals surface area contributed by atoms with Gasteiger partial charge < -0.3 is 55.5 Å². The third-order valence-corrected chi connectivity index (χ3v) is 6.28. The number of unbranched alkanes of at least 4 members (excludes halogenated alkanes) is 1. The monoisotopic (exact) mass is 571 g/mol. The molecule has 16 nitrogen and oxygen atoms in total. The van der Waals surface area contributed by atoms with Crippen molar-refractivity contribution in [3.63, 3.8) is 0 Å². The zero-order chi connectivity index (χ0) is 30.7. The van der Waals surface area contributed by atoms with E-state index in [1.165, 1.54) is 0 Å². The summed E-state index contributed by atoms with van der Waals surface area (Å²) in [7, 11) is 0. The number of carboxylic acid groups (broad SMARTS) is 1. The lowest BCUT2D eigenvalue weighted by Gasteiger charge is -2.26. The zero-order valence-electron chi connectivity index (χ0n) is 23.6. The van der Waals surface area contributed by atoms with E-state index in [1.807, 2.05) is 13.8 Å². The summed E-state index contributed by atoms with van der Waals surface area (Å²) in [5.41, 5.74) is 32.9. The molecule has 0 bridgehead atoms. The maximum atomic E-state index is 13.3. The molecule has 16 heteroatoms. The summed E-state index contributed by atoms with van der Waals surface area (Å²) in [5, 5.41) is 17.4. The van der Waals surface area contributed by atoms with E-state index in [2.05, 4.69) is 25.9 Å². The number of carbonyl (C=O) groups excluding carboxylic acids is 3. The summed E-state index contributed by atoms with van der Waals surface area (Å²) < 4.78 is 0. The maximum Gasteiger partial charge on any atom is 0.326 e. The first kappa shape index (κ1) is 36.3. The van der Waals surface area contributed by atoms with Gasteiger partial charge in [0.1, 0.15) is 18.1 Å². The lowest BCUT2D eigenvalue weighted by Crippen LogP contribution is -2.57. The summed E-state index contributed by atoms with van der Waals surface area (Å²) in [6.45, 7) is 4.51. The Balaban J connectivity index is 5.66. The minimum absolute atomic E-state index is 0.0678. The molecular weight excluding hydrogens is 522 g/mol. The number of nitrogens with one attached hydrogen (secondary N) is 3. The molecule has 3 amide bonds. The Kier molecular flexibility index (Phi) is 18.4. The van der Waals surface area contributed by atoms with E-state index in [-0.39, 0.29) is 50.2 Å². The van der Waals surface area contributed by atoms with Gasteiger partial charge in [0.15, 0.2) is 11.9 Å². The van der Waals surface area contributed by atoms with E-state index in [4.69, 9.17) is 34.4 Å². The first-order valence-electron chi connectivity index (χ1n) is 13.5. The molecule has 0 saturated heterocycles. The van der Waals surface area contributed by atoms with Gasteiger partial charge in [-0.15, -0.1) is 0 Å². The van der Waals surface area contributed by atoms with Crippen molar-refractivity contribution >= 4 is 35.6 Å². The number of carboxylic acids is 1. The summed E-state index contributed by atoms with van der Waals surface area (Å²) in [4.78, 5) is 58.6. The van der Waals surface area contributed by atoms with E-state index in [1.54, 1.807) is 0 Å². The van der Waals surface area contributed by atoms with Crippen LogP contribution in [0.1, 0.15) is 65.2 Å². The summed E-state index contributed by atoms with van der Waals surface area (Å²) in [6, 6.07) is -4.16. The Morgan fingerprint density at radius 1 is 0.725 bits per heavy atom. The SMILES string of the molecule is CCC(C)C(N)C(=O)NC(CCCN=C(N)N)C(=O)NC(CCCCN)C(=O)NC(CCCN=C(N)N)C(=O)O. The number of hydrogen-bond donors (Lipinski definition) is 10. The minimum Gasteiger partial charge on any atom is -0.480 e. The van der Waals surface area contributed by atoms with Gasteiger partial charge in [0, 0.05) is 13.1 Å². The second-order valence-electron chi connectivity index (χ2n) is 9.62. The van der Waals surface area contributed by atoms with Crippen molar-refractivity contribution in [3.8, 4) is 0 Å². The molecule has 16 N–H and O–H groups in total. The number of aliphatic imine (C=N–C) groups is 2. The van der Waals surface area contributed by atoms with Crippen LogP contribution in [0.25, 0.3) is 0 Å². The highest BCUT2D eigenvalue weighted by Gasteiger charge is 2.30. The second kappa shape index (κ2) is 20.3. The fourth-order valence-corrected chi connectivity index (χ4v) is 3.62. The Hall–Kier alpha value is -3.66. The number of aliphatic carboxylic acids is 1. The normalized spacial score (nSPS) is 14.5. The molecule has 0 aromatic carbocycles. The molecule has 0 spiro atoms. The van der Waals surface area contributed by atoms with Crippen LogP contribution in [0.15, 0.2) is 9.98 Å². The molecule has 0 aromatic heterocycles. The van der Waals surface area contributed by atoms with Gasteiger partial charge >= 0.3 is 5.97 Å². The highest BCUT2D eigenvalue weighted by Crippen LogP contribution is 2.09. The molecule has 5 unspecified atom stereocenters. The molecule has 0 aromatic rings. The Morgan fingerprint density at radius 2 is 1.15 bits per heavy atom. The minimum atomic E-state index is -1.24. The predicted octanol–water partition coefficient (Wildman–Crippen LogP) is -2.87. The average Bonchev–Trinajstić information content (AvgIpc) is 2.89. The molecular formula is C24H49N11O5. The Bertz CT molecular complexity index is 860. The van der Waals surface area contributed by atoms with Crippen molar-refractivity contribution in [2.45, 2.75) is 89.4 Å². The van der Waals surface area contributed by atoms with Crippen molar-refractivity contribution in [2.24, 2.45) is 50.3 Å². The fourth-order valence-electron chi connectivity index (χ4n) is 3.62. The van der Waals surface area contributed by atoms with Crippen LogP contribution in [0.4, 0.5) is 0 Å². The van der Waals surface area contributed by atoms with Crippen LogP contribution in [-0.4, -0.2) is 84.5 Å². The topological polar surface area (TPSA) is 305 Å². The summed E-state index contributed by atoms with van der Waals surface area (Å²) in [6.07, 6.45) is 2.85. The van der Waals surface area contributed by atoms with Crippen LogP contribution < -0.4 is 50.4 Å². The molecule has 0 heterocycles. The number of carbonyl (C=O) groups is 4. The van der Waals surface area contributed by atoms with Crippen molar-refractivity contribution in [3.05, 3.63) is 0 Å². The molecule has 230 valence electrons. The van der Waals surface area contributed by atoms with Gasteiger partial charge in [-0.25, -0.2) is 4.79 Å². The van der Waals surface area contributed by atoms with Crippen LogP contribution >= 0.6 is 0 Å². The van der Waals surface area contributed by atoms with Gasteiger partial charge in [-0.1, -0.05) is 20.3 Å². The smallest absolute Gasteiger partial charge is 0.326 e. The predicted molar refractivity (Wildman–Crippen MR) is 154 cm³/mol. The van der Waals surface area contributed by atoms with Crippen molar-refractivity contribution in [2.75, 3.05) is 19.6 Å². The second-order valence-corrected chi connectivity index (χ2v) is 9.62. The van der Waals surface area contributed by atoms with E-state index in [0.717, 1.165) is 0 Å². The third kappa shape index (κ3) is 15.7. The first-order valence-corrected chi connectivity index (χ1v) is 13.5. The zero-order valence-corrected chi connectivity index (χ0v) is 23.6. The Morgan fingerprint density at radius 3 is 1.57 bits per heavy atom. The van der Waals surface area contributed by atoms with Crippen LogP contribution in [0.5, 0.6) is 0 Å². The van der Waals surface area contributed by atoms with E-state index >= 15 is 0 Å². The third-order valence-electron chi connectivity index (χ3n) is 6.28. The number of nitrogens with zero attached hydrogens (tertiary/aromatic N) is 2. The Labute approximate surface area is 235 Å². The molecule has 0 saturated carbocycles. The van der Waals surface area contributed by atoms with Gasteiger partial charge in [-0.05, 0) is 57.4 Å². The molecule has 40 heavy (non-hydrogen) atoms. The van der Waals surface area contributed by atoms with E-state index < -0.39 is 47.9 Å². The molecule has 0 aliphatic rings. The van der Waals surface area contributed by atoms with Gasteiger partial charge in [0.25, 0.3) is 0 Å². The number of nitrogens with two attached hydrogens (primary N) is 6. The fraction of sp³-hybridized carbons (Fsp3) is 0.750. The van der Waals surface area contributed by atoms with Gasteiger partial charge in [-0.2, -0.15) is 0 Å².